The van der Waals surface area contributed by atoms with Crippen LogP contribution in [0.5, 0.6) is 0 Å². The van der Waals surface area contributed by atoms with Gasteiger partial charge in [-0.3, -0.25) is 0 Å². The predicted molar refractivity (Wildman–Crippen MR) is 95.1 cm³/mol. The molecule has 0 saturated heterocycles. The molecule has 0 amide bonds. The molecule has 2 heterocycles. The Morgan fingerprint density at radius 1 is 1.04 bits per heavy atom. The maximum absolute atomic E-state index is 14.3. The highest BCUT2D eigenvalue weighted by molar-refractivity contribution is 5.71. The number of nitrogens with one attached hydrogen (secondary N) is 1. The van der Waals surface area contributed by atoms with Crippen LogP contribution in [0, 0.1) is 18.6 Å². The van der Waals surface area contributed by atoms with Crippen molar-refractivity contribution in [3.05, 3.63) is 65.2 Å². The van der Waals surface area contributed by atoms with Gasteiger partial charge in [-0.1, -0.05) is 29.8 Å². The van der Waals surface area contributed by atoms with Crippen molar-refractivity contribution in [3.63, 3.8) is 0 Å². The van der Waals surface area contributed by atoms with Crippen molar-refractivity contribution >= 4 is 5.82 Å². The summed E-state index contributed by atoms with van der Waals surface area (Å²) in [5, 5.41) is 8.06. The van der Waals surface area contributed by atoms with E-state index in [2.05, 4.69) is 10.4 Å². The van der Waals surface area contributed by atoms with Crippen molar-refractivity contribution < 1.29 is 8.78 Å². The van der Waals surface area contributed by atoms with Gasteiger partial charge < -0.3 is 5.32 Å². The first kappa shape index (κ1) is 15.8. The number of halogens is 2. The number of benzene rings is 2. The number of anilines is 1. The first-order valence-electron chi connectivity index (χ1n) is 8.52. The Bertz CT molecular complexity index is 913. The molecule has 1 aliphatic heterocycles. The van der Waals surface area contributed by atoms with E-state index in [1.165, 1.54) is 17.7 Å². The summed E-state index contributed by atoms with van der Waals surface area (Å²) in [6.07, 6.45) is 2.98. The van der Waals surface area contributed by atoms with Crippen LogP contribution in [0.15, 0.2) is 42.5 Å². The van der Waals surface area contributed by atoms with E-state index in [9.17, 15) is 8.78 Å². The maximum atomic E-state index is 14.3. The van der Waals surface area contributed by atoms with Gasteiger partial charge in [0.15, 0.2) is 5.82 Å². The SMILES string of the molecule is Cc1ccc(-c2nn(-c3ccc(F)cc3F)c3c2CCCCN3)cc1. The fourth-order valence-electron chi connectivity index (χ4n) is 3.27. The lowest BCUT2D eigenvalue weighted by Crippen LogP contribution is -2.08. The molecule has 0 radical (unpaired) electrons. The van der Waals surface area contributed by atoms with Crippen LogP contribution in [0.4, 0.5) is 14.6 Å². The Morgan fingerprint density at radius 3 is 2.60 bits per heavy atom. The summed E-state index contributed by atoms with van der Waals surface area (Å²) in [6, 6.07) is 11.7. The van der Waals surface area contributed by atoms with Crippen LogP contribution in [0.2, 0.25) is 0 Å². The highest BCUT2D eigenvalue weighted by Gasteiger charge is 2.23. The summed E-state index contributed by atoms with van der Waals surface area (Å²) < 4.78 is 29.2. The standard InChI is InChI=1S/C20H19F2N3/c1-13-5-7-14(8-6-13)19-16-4-2-3-11-23-20(16)25(24-19)18-10-9-15(21)12-17(18)22/h5-10,12,23H,2-4,11H2,1H3. The zero-order valence-corrected chi connectivity index (χ0v) is 14.0. The molecule has 5 heteroatoms. The topological polar surface area (TPSA) is 29.9 Å². The molecule has 2 aromatic carbocycles. The fourth-order valence-corrected chi connectivity index (χ4v) is 3.27. The maximum Gasteiger partial charge on any atom is 0.151 e. The van der Waals surface area contributed by atoms with E-state index in [0.717, 1.165) is 54.5 Å². The van der Waals surface area contributed by atoms with Crippen LogP contribution in [-0.4, -0.2) is 16.3 Å². The van der Waals surface area contributed by atoms with Gasteiger partial charge in [0.2, 0.25) is 0 Å². The van der Waals surface area contributed by atoms with E-state index in [0.29, 0.717) is 0 Å². The molecule has 0 spiro atoms. The van der Waals surface area contributed by atoms with E-state index >= 15 is 0 Å². The second-order valence-corrected chi connectivity index (χ2v) is 6.43. The van der Waals surface area contributed by atoms with Crippen LogP contribution in [0.25, 0.3) is 16.9 Å². The van der Waals surface area contributed by atoms with Crippen LogP contribution in [-0.2, 0) is 6.42 Å². The number of aryl methyl sites for hydroxylation is 1. The monoisotopic (exact) mass is 339 g/mol. The highest BCUT2D eigenvalue weighted by atomic mass is 19.1. The van der Waals surface area contributed by atoms with E-state index < -0.39 is 11.6 Å². The molecule has 0 aliphatic carbocycles. The summed E-state index contributed by atoms with van der Waals surface area (Å²) in [6.45, 7) is 2.85. The number of hydrogen-bond acceptors (Lipinski definition) is 2. The molecule has 0 atom stereocenters. The van der Waals surface area contributed by atoms with E-state index in [1.54, 1.807) is 4.68 Å². The van der Waals surface area contributed by atoms with Gasteiger partial charge in [-0.2, -0.15) is 5.10 Å². The van der Waals surface area contributed by atoms with Crippen molar-refractivity contribution in [1.82, 2.24) is 9.78 Å². The molecule has 25 heavy (non-hydrogen) atoms. The Kier molecular flexibility index (Phi) is 3.99. The minimum Gasteiger partial charge on any atom is -0.370 e. The molecule has 0 unspecified atom stereocenters. The number of rotatable bonds is 2. The van der Waals surface area contributed by atoms with Crippen LogP contribution in [0.1, 0.15) is 24.0 Å². The number of fused-ring (bicyclic) bond motifs is 1. The summed E-state index contributed by atoms with van der Waals surface area (Å²) in [5.74, 6) is -0.406. The summed E-state index contributed by atoms with van der Waals surface area (Å²) in [5.41, 5.74) is 4.38. The van der Waals surface area contributed by atoms with Crippen LogP contribution in [0.3, 0.4) is 0 Å². The molecule has 0 saturated carbocycles. The van der Waals surface area contributed by atoms with E-state index in [1.807, 2.05) is 31.2 Å². The number of nitrogens with zero attached hydrogens (tertiary/aromatic N) is 2. The second kappa shape index (κ2) is 6.31. The molecule has 3 nitrogen and oxygen atoms in total. The zero-order valence-electron chi connectivity index (χ0n) is 14.0. The molecule has 0 fully saturated rings. The molecule has 1 aliphatic rings. The van der Waals surface area contributed by atoms with Gasteiger partial charge in [0, 0.05) is 23.7 Å². The Labute approximate surface area is 145 Å². The van der Waals surface area contributed by atoms with Gasteiger partial charge in [0.25, 0.3) is 0 Å². The molecular formula is C20H19F2N3. The minimum atomic E-state index is -0.619. The first-order chi connectivity index (χ1) is 12.1. The van der Waals surface area contributed by atoms with Crippen LogP contribution >= 0.6 is 0 Å². The third-order valence-electron chi connectivity index (χ3n) is 4.59. The third-order valence-corrected chi connectivity index (χ3v) is 4.59. The molecule has 0 bridgehead atoms. The highest BCUT2D eigenvalue weighted by Crippen LogP contribution is 2.34. The van der Waals surface area contributed by atoms with Gasteiger partial charge >= 0.3 is 0 Å². The Morgan fingerprint density at radius 2 is 1.84 bits per heavy atom. The average molecular weight is 339 g/mol. The van der Waals surface area contributed by atoms with Gasteiger partial charge in [0.05, 0.1) is 5.69 Å². The molecule has 128 valence electrons. The molecule has 4 rings (SSSR count). The third kappa shape index (κ3) is 2.90. The summed E-state index contributed by atoms with van der Waals surface area (Å²) in [4.78, 5) is 0. The number of hydrogen-bond donors (Lipinski definition) is 1. The normalized spacial score (nSPS) is 13.9. The largest absolute Gasteiger partial charge is 0.370 e. The van der Waals surface area contributed by atoms with Gasteiger partial charge in [-0.15, -0.1) is 0 Å². The van der Waals surface area contributed by atoms with Crippen molar-refractivity contribution in [2.24, 2.45) is 0 Å². The van der Waals surface area contributed by atoms with Crippen LogP contribution < -0.4 is 5.32 Å². The molecule has 1 N–H and O–H groups in total. The molecule has 1 aromatic heterocycles. The average Bonchev–Trinajstić information content (AvgIpc) is 2.78. The van der Waals surface area contributed by atoms with Gasteiger partial charge in [-0.05, 0) is 38.3 Å². The lowest BCUT2D eigenvalue weighted by molar-refractivity contribution is 0.574. The van der Waals surface area contributed by atoms with E-state index in [-0.39, 0.29) is 5.69 Å². The molecule has 3 aromatic rings. The van der Waals surface area contributed by atoms with Gasteiger partial charge in [-0.25, -0.2) is 13.5 Å². The minimum absolute atomic E-state index is 0.255. The predicted octanol–water partition coefficient (Wildman–Crippen LogP) is 4.87. The zero-order chi connectivity index (χ0) is 17.4. The second-order valence-electron chi connectivity index (χ2n) is 6.43. The van der Waals surface area contributed by atoms with E-state index in [4.69, 9.17) is 0 Å². The van der Waals surface area contributed by atoms with Crippen molar-refractivity contribution in [1.29, 1.82) is 0 Å². The fraction of sp³-hybridized carbons (Fsp3) is 0.250. The lowest BCUT2D eigenvalue weighted by atomic mass is 10.0. The molecular weight excluding hydrogens is 320 g/mol. The Balaban J connectivity index is 1.91. The van der Waals surface area contributed by atoms with Crippen molar-refractivity contribution in [2.45, 2.75) is 26.2 Å². The van der Waals surface area contributed by atoms with Crippen molar-refractivity contribution in [2.75, 3.05) is 11.9 Å². The summed E-state index contributed by atoms with van der Waals surface area (Å²) >= 11 is 0. The Hall–Kier alpha value is -2.69. The van der Waals surface area contributed by atoms with Crippen molar-refractivity contribution in [3.8, 4) is 16.9 Å². The number of aromatic nitrogens is 2. The smallest absolute Gasteiger partial charge is 0.151 e. The van der Waals surface area contributed by atoms with Gasteiger partial charge in [0.1, 0.15) is 17.3 Å². The quantitative estimate of drug-likeness (QED) is 0.721. The summed E-state index contributed by atoms with van der Waals surface area (Å²) in [7, 11) is 0. The lowest BCUT2D eigenvalue weighted by Gasteiger charge is -2.10. The first-order valence-corrected chi connectivity index (χ1v) is 8.52.